The van der Waals surface area contributed by atoms with E-state index in [1.54, 1.807) is 0 Å². The Morgan fingerprint density at radius 1 is 1.29 bits per heavy atom. The van der Waals surface area contributed by atoms with Gasteiger partial charge in [0, 0.05) is 17.6 Å². The minimum atomic E-state index is 0.454. The van der Waals surface area contributed by atoms with Crippen molar-refractivity contribution >= 4 is 23.0 Å². The lowest BCUT2D eigenvalue weighted by Crippen LogP contribution is -2.32. The van der Waals surface area contributed by atoms with E-state index in [0.717, 1.165) is 17.9 Å². The molecule has 0 spiro atoms. The smallest absolute Gasteiger partial charge is 0.0603 e. The molecule has 2 N–H and O–H groups in total. The van der Waals surface area contributed by atoms with Gasteiger partial charge in [-0.1, -0.05) is 31.4 Å². The third kappa shape index (κ3) is 4.12. The van der Waals surface area contributed by atoms with Gasteiger partial charge in [0.1, 0.15) is 0 Å². The number of nitrogen functional groups attached to an aromatic ring is 1. The second-order valence-corrected chi connectivity index (χ2v) is 5.13. The van der Waals surface area contributed by atoms with E-state index in [2.05, 4.69) is 25.7 Å². The molecule has 17 heavy (non-hydrogen) atoms. The fraction of sp³-hybridized carbons (Fsp3) is 0.571. The molecule has 0 aromatic heterocycles. The second-order valence-electron chi connectivity index (χ2n) is 4.70. The Morgan fingerprint density at radius 3 is 2.53 bits per heavy atom. The number of benzene rings is 1. The van der Waals surface area contributed by atoms with E-state index in [-0.39, 0.29) is 0 Å². The molecule has 0 amide bonds. The molecule has 1 aromatic carbocycles. The molecule has 1 aromatic rings. The highest BCUT2D eigenvalue weighted by atomic mass is 35.5. The highest BCUT2D eigenvalue weighted by Gasteiger charge is 2.12. The predicted molar refractivity (Wildman–Crippen MR) is 77.9 cm³/mol. The van der Waals surface area contributed by atoms with Crippen molar-refractivity contribution in [2.75, 3.05) is 17.2 Å². The maximum atomic E-state index is 6.04. The van der Waals surface area contributed by atoms with Gasteiger partial charge >= 0.3 is 0 Å². The number of hydrogen-bond donors (Lipinski definition) is 1. The Bertz CT molecular complexity index is 350. The predicted octanol–water partition coefficient (Wildman–Crippen LogP) is 4.33. The molecule has 96 valence electrons. The lowest BCUT2D eigenvalue weighted by molar-refractivity contribution is 0.626. The van der Waals surface area contributed by atoms with Gasteiger partial charge in [-0.05, 0) is 38.5 Å². The molecule has 2 nitrogen and oxygen atoms in total. The Kier molecular flexibility index (Phi) is 5.63. The van der Waals surface area contributed by atoms with Gasteiger partial charge in [0.2, 0.25) is 0 Å². The summed E-state index contributed by atoms with van der Waals surface area (Å²) in [6.07, 6.45) is 3.70. The fourth-order valence-electron chi connectivity index (χ4n) is 1.98. The highest BCUT2D eigenvalue weighted by molar-refractivity contribution is 6.31. The van der Waals surface area contributed by atoms with Gasteiger partial charge in [-0.25, -0.2) is 0 Å². The van der Waals surface area contributed by atoms with Crippen LogP contribution in [0.2, 0.25) is 5.02 Å². The number of rotatable bonds is 6. The standard InChI is InChI=1S/C14H23ClN2/c1-4-5-6-9-17(11(2)3)14-8-7-12(15)10-13(14)16/h7-8,10-11H,4-6,9,16H2,1-3H3. The summed E-state index contributed by atoms with van der Waals surface area (Å²) in [5.74, 6) is 0. The molecule has 1 rings (SSSR count). The summed E-state index contributed by atoms with van der Waals surface area (Å²) in [5, 5.41) is 0.698. The molecule has 0 saturated carbocycles. The van der Waals surface area contributed by atoms with E-state index in [9.17, 15) is 0 Å². The van der Waals surface area contributed by atoms with Crippen LogP contribution in [0.1, 0.15) is 40.0 Å². The summed E-state index contributed by atoms with van der Waals surface area (Å²) in [7, 11) is 0. The Labute approximate surface area is 110 Å². The zero-order valence-corrected chi connectivity index (χ0v) is 11.8. The molecule has 0 bridgehead atoms. The Morgan fingerprint density at radius 2 is 2.00 bits per heavy atom. The van der Waals surface area contributed by atoms with Crippen LogP contribution in [0.3, 0.4) is 0 Å². The Balaban J connectivity index is 2.82. The lowest BCUT2D eigenvalue weighted by atomic mass is 10.1. The van der Waals surface area contributed by atoms with Crippen LogP contribution in [0.15, 0.2) is 18.2 Å². The van der Waals surface area contributed by atoms with Crippen molar-refractivity contribution in [2.24, 2.45) is 0 Å². The fourth-order valence-corrected chi connectivity index (χ4v) is 2.16. The first kappa shape index (κ1) is 14.2. The molecule has 0 radical (unpaired) electrons. The van der Waals surface area contributed by atoms with E-state index in [1.165, 1.54) is 19.3 Å². The summed E-state index contributed by atoms with van der Waals surface area (Å²) in [5.41, 5.74) is 7.90. The van der Waals surface area contributed by atoms with E-state index >= 15 is 0 Å². The molecule has 0 aliphatic rings. The van der Waals surface area contributed by atoms with Gasteiger partial charge in [0.15, 0.2) is 0 Å². The van der Waals surface area contributed by atoms with Gasteiger partial charge < -0.3 is 10.6 Å². The maximum absolute atomic E-state index is 6.04. The molecule has 3 heteroatoms. The SMILES string of the molecule is CCCCCN(c1ccc(Cl)cc1N)C(C)C. The van der Waals surface area contributed by atoms with Gasteiger partial charge in [0.05, 0.1) is 11.4 Å². The first-order valence-electron chi connectivity index (χ1n) is 6.38. The van der Waals surface area contributed by atoms with Crippen LogP contribution in [0, 0.1) is 0 Å². The number of halogens is 1. The maximum Gasteiger partial charge on any atom is 0.0603 e. The molecule has 0 fully saturated rings. The van der Waals surface area contributed by atoms with Crippen molar-refractivity contribution in [1.82, 2.24) is 0 Å². The van der Waals surface area contributed by atoms with Crippen molar-refractivity contribution in [2.45, 2.75) is 46.1 Å². The molecule has 0 saturated heterocycles. The van der Waals surface area contributed by atoms with Gasteiger partial charge in [-0.2, -0.15) is 0 Å². The van der Waals surface area contributed by atoms with Gasteiger partial charge in [-0.15, -0.1) is 0 Å². The topological polar surface area (TPSA) is 29.3 Å². The van der Waals surface area contributed by atoms with E-state index in [0.29, 0.717) is 11.1 Å². The number of nitrogens with zero attached hydrogens (tertiary/aromatic N) is 1. The third-order valence-electron chi connectivity index (χ3n) is 2.92. The average molecular weight is 255 g/mol. The van der Waals surface area contributed by atoms with E-state index < -0.39 is 0 Å². The first-order valence-corrected chi connectivity index (χ1v) is 6.75. The van der Waals surface area contributed by atoms with Crippen LogP contribution >= 0.6 is 11.6 Å². The second kappa shape index (κ2) is 6.75. The number of hydrogen-bond acceptors (Lipinski definition) is 2. The van der Waals surface area contributed by atoms with Crippen LogP contribution in [0.5, 0.6) is 0 Å². The zero-order valence-electron chi connectivity index (χ0n) is 11.0. The third-order valence-corrected chi connectivity index (χ3v) is 3.16. The highest BCUT2D eigenvalue weighted by Crippen LogP contribution is 2.28. The van der Waals surface area contributed by atoms with Crippen LogP contribution in [-0.4, -0.2) is 12.6 Å². The number of anilines is 2. The van der Waals surface area contributed by atoms with Gasteiger partial charge in [-0.3, -0.25) is 0 Å². The monoisotopic (exact) mass is 254 g/mol. The minimum Gasteiger partial charge on any atom is -0.397 e. The van der Waals surface area contributed by atoms with E-state index in [1.807, 2.05) is 18.2 Å². The van der Waals surface area contributed by atoms with Crippen LogP contribution in [0.4, 0.5) is 11.4 Å². The molecular formula is C14H23ClN2. The van der Waals surface area contributed by atoms with Crippen molar-refractivity contribution in [3.8, 4) is 0 Å². The largest absolute Gasteiger partial charge is 0.397 e. The molecule has 0 heterocycles. The van der Waals surface area contributed by atoms with Crippen LogP contribution < -0.4 is 10.6 Å². The summed E-state index contributed by atoms with van der Waals surface area (Å²) in [4.78, 5) is 2.35. The van der Waals surface area contributed by atoms with Crippen molar-refractivity contribution in [3.05, 3.63) is 23.2 Å². The molecule has 0 atom stereocenters. The summed E-state index contributed by atoms with van der Waals surface area (Å²) in [6, 6.07) is 6.20. The Hall–Kier alpha value is -0.890. The molecule has 0 aliphatic heterocycles. The van der Waals surface area contributed by atoms with Crippen LogP contribution in [-0.2, 0) is 0 Å². The summed E-state index contributed by atoms with van der Waals surface area (Å²) in [6.45, 7) is 7.66. The number of nitrogens with two attached hydrogens (primary N) is 1. The van der Waals surface area contributed by atoms with Crippen LogP contribution in [0.25, 0.3) is 0 Å². The van der Waals surface area contributed by atoms with Crippen molar-refractivity contribution in [3.63, 3.8) is 0 Å². The molecule has 0 unspecified atom stereocenters. The first-order chi connectivity index (χ1) is 8.06. The van der Waals surface area contributed by atoms with Gasteiger partial charge in [0.25, 0.3) is 0 Å². The minimum absolute atomic E-state index is 0.454. The normalized spacial score (nSPS) is 10.9. The van der Waals surface area contributed by atoms with Crippen molar-refractivity contribution in [1.29, 1.82) is 0 Å². The molecule has 0 aliphatic carbocycles. The lowest BCUT2D eigenvalue weighted by Gasteiger charge is -2.30. The quantitative estimate of drug-likeness (QED) is 0.605. The van der Waals surface area contributed by atoms with E-state index in [4.69, 9.17) is 17.3 Å². The number of unbranched alkanes of at least 4 members (excludes halogenated alkanes) is 2. The summed E-state index contributed by atoms with van der Waals surface area (Å²) >= 11 is 5.93. The molecular weight excluding hydrogens is 232 g/mol. The summed E-state index contributed by atoms with van der Waals surface area (Å²) < 4.78 is 0. The zero-order chi connectivity index (χ0) is 12.8. The van der Waals surface area contributed by atoms with Crippen molar-refractivity contribution < 1.29 is 0 Å². The average Bonchev–Trinajstić information content (AvgIpc) is 2.25.